The summed E-state index contributed by atoms with van der Waals surface area (Å²) in [6, 6.07) is 11.2. The van der Waals surface area contributed by atoms with Gasteiger partial charge in [0, 0.05) is 36.7 Å². The maximum atomic E-state index is 13.4. The number of pyridine rings is 3. The highest BCUT2D eigenvalue weighted by Gasteiger charge is 2.32. The Morgan fingerprint density at radius 1 is 1.16 bits per heavy atom. The van der Waals surface area contributed by atoms with Crippen LogP contribution in [0.25, 0.3) is 11.3 Å². The van der Waals surface area contributed by atoms with Crippen LogP contribution in [0.4, 0.5) is 22.1 Å². The molecule has 1 aliphatic rings. The van der Waals surface area contributed by atoms with Gasteiger partial charge in [-0.2, -0.15) is 0 Å². The number of anilines is 3. The van der Waals surface area contributed by atoms with E-state index in [0.717, 1.165) is 29.1 Å². The molecule has 0 aromatic carbocycles. The molecule has 0 saturated carbocycles. The van der Waals surface area contributed by atoms with Crippen LogP contribution in [0.3, 0.4) is 0 Å². The molecule has 7 nitrogen and oxygen atoms in total. The largest absolute Gasteiger partial charge is 0.382 e. The summed E-state index contributed by atoms with van der Waals surface area (Å²) >= 11 is 0. The lowest BCUT2D eigenvalue weighted by molar-refractivity contribution is 0.253. The molecule has 0 bridgehead atoms. The van der Waals surface area contributed by atoms with E-state index in [0.29, 0.717) is 11.6 Å². The van der Waals surface area contributed by atoms with E-state index in [-0.39, 0.29) is 23.4 Å². The van der Waals surface area contributed by atoms with Gasteiger partial charge in [0.1, 0.15) is 5.82 Å². The zero-order valence-electron chi connectivity index (χ0n) is 19.3. The van der Waals surface area contributed by atoms with Crippen LogP contribution >= 0.6 is 0 Å². The molecule has 1 aliphatic heterocycles. The number of amides is 2. The van der Waals surface area contributed by atoms with Gasteiger partial charge >= 0.3 is 6.03 Å². The average molecular weight is 431 g/mol. The van der Waals surface area contributed by atoms with Gasteiger partial charge in [-0.05, 0) is 54.2 Å². The van der Waals surface area contributed by atoms with Crippen LogP contribution < -0.4 is 15.5 Å². The lowest BCUT2D eigenvalue weighted by Crippen LogP contribution is -2.45. The molecule has 4 rings (SSSR count). The number of rotatable bonds is 2. The van der Waals surface area contributed by atoms with E-state index in [1.54, 1.807) is 17.2 Å². The minimum Gasteiger partial charge on any atom is -0.382 e. The molecule has 166 valence electrons. The summed E-state index contributed by atoms with van der Waals surface area (Å²) in [7, 11) is 0. The van der Waals surface area contributed by atoms with Gasteiger partial charge in [-0.3, -0.25) is 15.2 Å². The predicted molar refractivity (Wildman–Crippen MR) is 129 cm³/mol. The molecule has 0 saturated heterocycles. The van der Waals surface area contributed by atoms with E-state index in [2.05, 4.69) is 61.3 Å². The third-order valence-electron chi connectivity index (χ3n) is 5.97. The second kappa shape index (κ2) is 8.57. The second-order valence-electron chi connectivity index (χ2n) is 9.39. The van der Waals surface area contributed by atoms with Gasteiger partial charge in [0.05, 0.1) is 11.4 Å². The van der Waals surface area contributed by atoms with E-state index in [1.807, 2.05) is 36.7 Å². The number of carbonyl (C=O) groups excluding carboxylic acids is 1. The molecule has 2 amide bonds. The van der Waals surface area contributed by atoms with Crippen molar-refractivity contribution in [2.75, 3.05) is 22.1 Å². The van der Waals surface area contributed by atoms with Gasteiger partial charge in [-0.15, -0.1) is 0 Å². The third-order valence-corrected chi connectivity index (χ3v) is 5.97. The smallest absolute Gasteiger partial charge is 0.328 e. The predicted octanol–water partition coefficient (Wildman–Crippen LogP) is 5.32. The van der Waals surface area contributed by atoms with Crippen molar-refractivity contribution >= 4 is 23.4 Å². The molecule has 0 spiro atoms. The SMILES string of the molecule is C[C@@H]1CNc2ccc(-c3cncc(C(C)(C)C)c3)nc2N(C(=O)Nc2ccccn2)[C@@H]1C. The molecule has 0 aliphatic carbocycles. The van der Waals surface area contributed by atoms with Crippen LogP contribution in [0.2, 0.25) is 0 Å². The van der Waals surface area contributed by atoms with Gasteiger partial charge in [-0.25, -0.2) is 14.8 Å². The quantitative estimate of drug-likeness (QED) is 0.575. The monoisotopic (exact) mass is 430 g/mol. The van der Waals surface area contributed by atoms with Crippen molar-refractivity contribution in [2.24, 2.45) is 5.92 Å². The summed E-state index contributed by atoms with van der Waals surface area (Å²) in [4.78, 5) is 28.7. The third kappa shape index (κ3) is 4.42. The Balaban J connectivity index is 1.76. The van der Waals surface area contributed by atoms with Gasteiger partial charge < -0.3 is 5.32 Å². The maximum Gasteiger partial charge on any atom is 0.328 e. The lowest BCUT2D eigenvalue weighted by Gasteiger charge is -2.30. The molecule has 2 N–H and O–H groups in total. The standard InChI is InChI=1S/C25H30N6O/c1-16-13-28-21-10-9-20(18-12-19(15-26-14-18)25(3,4)5)29-23(21)31(17(16)2)24(32)30-22-8-6-7-11-27-22/h6-12,14-17,28H,13H2,1-5H3,(H,27,30,32)/t16-,17-/m1/s1. The van der Waals surface area contributed by atoms with E-state index in [1.165, 1.54) is 0 Å². The molecular formula is C25H30N6O. The highest BCUT2D eigenvalue weighted by Crippen LogP contribution is 2.34. The van der Waals surface area contributed by atoms with Crippen molar-refractivity contribution in [2.45, 2.75) is 46.1 Å². The highest BCUT2D eigenvalue weighted by molar-refractivity contribution is 6.03. The first-order chi connectivity index (χ1) is 15.2. The molecule has 0 unspecified atom stereocenters. The normalized spacial score (nSPS) is 18.3. The van der Waals surface area contributed by atoms with Crippen LogP contribution in [-0.4, -0.2) is 33.6 Å². The van der Waals surface area contributed by atoms with Gasteiger partial charge in [0.25, 0.3) is 0 Å². The van der Waals surface area contributed by atoms with E-state index in [4.69, 9.17) is 4.98 Å². The summed E-state index contributed by atoms with van der Waals surface area (Å²) in [6.07, 6.45) is 5.37. The Labute approximate surface area is 189 Å². The Morgan fingerprint density at radius 3 is 2.69 bits per heavy atom. The fourth-order valence-electron chi connectivity index (χ4n) is 3.70. The number of aromatic nitrogens is 3. The minimum atomic E-state index is -0.251. The zero-order chi connectivity index (χ0) is 22.9. The van der Waals surface area contributed by atoms with Crippen molar-refractivity contribution in [1.82, 2.24) is 15.0 Å². The number of carbonyl (C=O) groups is 1. The van der Waals surface area contributed by atoms with E-state index < -0.39 is 0 Å². The van der Waals surface area contributed by atoms with Gasteiger partial charge in [0.2, 0.25) is 0 Å². The van der Waals surface area contributed by atoms with Crippen molar-refractivity contribution in [3.05, 3.63) is 60.6 Å². The van der Waals surface area contributed by atoms with Gasteiger partial charge in [-0.1, -0.05) is 33.8 Å². The van der Waals surface area contributed by atoms with Crippen molar-refractivity contribution < 1.29 is 4.79 Å². The molecule has 2 atom stereocenters. The van der Waals surface area contributed by atoms with Crippen molar-refractivity contribution in [1.29, 1.82) is 0 Å². The van der Waals surface area contributed by atoms with Crippen LogP contribution in [0.15, 0.2) is 55.0 Å². The molecule has 3 aromatic rings. The van der Waals surface area contributed by atoms with Crippen LogP contribution in [-0.2, 0) is 5.41 Å². The summed E-state index contributed by atoms with van der Waals surface area (Å²) < 4.78 is 0. The van der Waals surface area contributed by atoms with Crippen molar-refractivity contribution in [3.8, 4) is 11.3 Å². The molecule has 0 fully saturated rings. The van der Waals surface area contributed by atoms with Crippen LogP contribution in [0.1, 0.15) is 40.2 Å². The molecule has 4 heterocycles. The molecule has 0 radical (unpaired) electrons. The number of nitrogens with one attached hydrogen (secondary N) is 2. The lowest BCUT2D eigenvalue weighted by atomic mass is 9.87. The van der Waals surface area contributed by atoms with Gasteiger partial charge in [0.15, 0.2) is 5.82 Å². The Morgan fingerprint density at radius 2 is 1.97 bits per heavy atom. The first-order valence-corrected chi connectivity index (χ1v) is 11.0. The van der Waals surface area contributed by atoms with E-state index >= 15 is 0 Å². The molecule has 7 heteroatoms. The summed E-state index contributed by atoms with van der Waals surface area (Å²) in [5.74, 6) is 1.34. The van der Waals surface area contributed by atoms with Crippen molar-refractivity contribution in [3.63, 3.8) is 0 Å². The fourth-order valence-corrected chi connectivity index (χ4v) is 3.70. The molecular weight excluding hydrogens is 400 g/mol. The highest BCUT2D eigenvalue weighted by atomic mass is 16.2. The topological polar surface area (TPSA) is 83.0 Å². The average Bonchev–Trinajstić information content (AvgIpc) is 2.90. The first-order valence-electron chi connectivity index (χ1n) is 11.0. The Kier molecular flexibility index (Phi) is 5.82. The maximum absolute atomic E-state index is 13.4. The molecule has 32 heavy (non-hydrogen) atoms. The summed E-state index contributed by atoms with van der Waals surface area (Å²) in [5.41, 5.74) is 3.66. The number of hydrogen-bond acceptors (Lipinski definition) is 5. The number of nitrogens with zero attached hydrogens (tertiary/aromatic N) is 4. The Bertz CT molecular complexity index is 1110. The summed E-state index contributed by atoms with van der Waals surface area (Å²) in [6.45, 7) is 11.4. The molecule has 3 aromatic heterocycles. The van der Waals surface area contributed by atoms with Crippen LogP contribution in [0.5, 0.6) is 0 Å². The fraction of sp³-hybridized carbons (Fsp3) is 0.360. The number of urea groups is 1. The van der Waals surface area contributed by atoms with Crippen LogP contribution in [0, 0.1) is 5.92 Å². The Hall–Kier alpha value is -3.48. The number of fused-ring (bicyclic) bond motifs is 1. The minimum absolute atomic E-state index is 0.0190. The second-order valence-corrected chi connectivity index (χ2v) is 9.39. The first kappa shape index (κ1) is 21.7. The zero-order valence-corrected chi connectivity index (χ0v) is 19.3. The summed E-state index contributed by atoms with van der Waals surface area (Å²) in [5, 5.41) is 6.37. The van der Waals surface area contributed by atoms with E-state index in [9.17, 15) is 4.79 Å². The number of hydrogen-bond donors (Lipinski definition) is 2.